The molecule has 0 radical (unpaired) electrons. The number of hydrogen-bond donors (Lipinski definition) is 0. The molecule has 94 valence electrons. The van der Waals surface area contributed by atoms with Crippen LogP contribution in [0.4, 0.5) is 0 Å². The Hall–Kier alpha value is -0.600. The third-order valence-electron chi connectivity index (χ3n) is 4.01. The maximum absolute atomic E-state index is 4.35. The summed E-state index contributed by atoms with van der Waals surface area (Å²) in [5, 5.41) is 10.7. The molecule has 0 aromatic carbocycles. The fraction of sp³-hybridized carbons (Fsp3) is 1.00. The van der Waals surface area contributed by atoms with Crippen molar-refractivity contribution in [2.45, 2.75) is 53.9 Å². The van der Waals surface area contributed by atoms with Gasteiger partial charge in [-0.25, -0.2) is 0 Å². The van der Waals surface area contributed by atoms with Gasteiger partial charge in [0.05, 0.1) is 6.54 Å². The number of hydrogen-bond acceptors (Lipinski definition) is 3. The second kappa shape index (κ2) is 5.15. The van der Waals surface area contributed by atoms with E-state index in [1.165, 1.54) is 19.3 Å². The van der Waals surface area contributed by atoms with Crippen LogP contribution < -0.4 is 0 Å². The average molecular weight is 225 g/mol. The summed E-state index contributed by atoms with van der Waals surface area (Å²) in [6, 6.07) is 0. The van der Waals surface area contributed by atoms with Crippen molar-refractivity contribution in [3.05, 3.63) is 0 Å². The molecule has 1 atom stereocenters. The first-order valence-corrected chi connectivity index (χ1v) is 6.57. The Labute approximate surface area is 100 Å². The normalized spacial score (nSPS) is 26.2. The van der Waals surface area contributed by atoms with Gasteiger partial charge in [0, 0.05) is 18.5 Å². The molecule has 1 aliphatic rings. The summed E-state index contributed by atoms with van der Waals surface area (Å²) >= 11 is 0. The first kappa shape index (κ1) is 13.5. The lowest BCUT2D eigenvalue weighted by Gasteiger charge is -2.47. The van der Waals surface area contributed by atoms with E-state index >= 15 is 0 Å². The Balaban J connectivity index is 2.84. The zero-order valence-electron chi connectivity index (χ0n) is 11.6. The van der Waals surface area contributed by atoms with Gasteiger partial charge in [0.15, 0.2) is 0 Å². The molecule has 0 spiro atoms. The Bertz CT molecular complexity index is 242. The molecule has 1 rings (SSSR count). The summed E-state index contributed by atoms with van der Waals surface area (Å²) in [6.07, 6.45) is 3.83. The number of nitrogens with zero attached hydrogens (tertiary/aromatic N) is 3. The predicted molar refractivity (Wildman–Crippen MR) is 68.4 cm³/mol. The van der Waals surface area contributed by atoms with E-state index in [4.69, 9.17) is 0 Å². The summed E-state index contributed by atoms with van der Waals surface area (Å²) in [6.45, 7) is 14.4. The van der Waals surface area contributed by atoms with Gasteiger partial charge in [-0.1, -0.05) is 45.8 Å². The third kappa shape index (κ3) is 2.74. The molecule has 1 aliphatic heterocycles. The van der Waals surface area contributed by atoms with Crippen LogP contribution in [0.1, 0.15) is 53.9 Å². The van der Waals surface area contributed by atoms with E-state index in [0.717, 1.165) is 19.6 Å². The van der Waals surface area contributed by atoms with Gasteiger partial charge in [0.2, 0.25) is 0 Å². The van der Waals surface area contributed by atoms with Crippen LogP contribution in [0.3, 0.4) is 0 Å². The van der Waals surface area contributed by atoms with Gasteiger partial charge in [-0.2, -0.15) is 5.11 Å². The summed E-state index contributed by atoms with van der Waals surface area (Å²) in [5.41, 5.74) is 0.607. The molecule has 0 aromatic rings. The van der Waals surface area contributed by atoms with E-state index in [-0.39, 0.29) is 0 Å². The van der Waals surface area contributed by atoms with Crippen molar-refractivity contribution in [1.82, 2.24) is 5.01 Å². The van der Waals surface area contributed by atoms with Crippen LogP contribution in [0.25, 0.3) is 0 Å². The van der Waals surface area contributed by atoms with Gasteiger partial charge < -0.3 is 0 Å². The van der Waals surface area contributed by atoms with E-state index in [1.807, 2.05) is 0 Å². The molecule has 0 saturated carbocycles. The van der Waals surface area contributed by atoms with Crippen LogP contribution >= 0.6 is 0 Å². The summed E-state index contributed by atoms with van der Waals surface area (Å²) in [7, 11) is 0. The Morgan fingerprint density at radius 2 is 1.94 bits per heavy atom. The van der Waals surface area contributed by atoms with E-state index in [2.05, 4.69) is 50.0 Å². The molecule has 0 amide bonds. The van der Waals surface area contributed by atoms with Crippen LogP contribution in [-0.2, 0) is 0 Å². The van der Waals surface area contributed by atoms with Crippen molar-refractivity contribution < 1.29 is 0 Å². The maximum atomic E-state index is 4.35. The van der Waals surface area contributed by atoms with Crippen LogP contribution in [0.5, 0.6) is 0 Å². The molecule has 16 heavy (non-hydrogen) atoms. The van der Waals surface area contributed by atoms with Crippen molar-refractivity contribution in [2.24, 2.45) is 21.2 Å². The number of unbranched alkanes of at least 4 members (excludes halogenated alkanes) is 1. The monoisotopic (exact) mass is 225 g/mol. The van der Waals surface area contributed by atoms with Crippen molar-refractivity contribution >= 4 is 0 Å². The highest BCUT2D eigenvalue weighted by atomic mass is 15.6. The van der Waals surface area contributed by atoms with E-state index in [1.54, 1.807) is 0 Å². The molecule has 0 aromatic heterocycles. The largest absolute Gasteiger partial charge is 0.278 e. The van der Waals surface area contributed by atoms with Gasteiger partial charge in [0.1, 0.15) is 0 Å². The standard InChI is InChI=1S/C13H27N3/c1-6-8-9-13(12(3,4)5)10-14-15-16(7-2)11-13/h6-11H2,1-5H3. The van der Waals surface area contributed by atoms with Gasteiger partial charge in [0.25, 0.3) is 0 Å². The summed E-state index contributed by atoms with van der Waals surface area (Å²) in [4.78, 5) is 0. The first-order valence-electron chi connectivity index (χ1n) is 6.57. The smallest absolute Gasteiger partial charge is 0.0699 e. The highest BCUT2D eigenvalue weighted by molar-refractivity contribution is 4.95. The quantitative estimate of drug-likeness (QED) is 0.713. The van der Waals surface area contributed by atoms with Crippen molar-refractivity contribution in [3.8, 4) is 0 Å². The third-order valence-corrected chi connectivity index (χ3v) is 4.01. The second-order valence-electron chi connectivity index (χ2n) is 6.00. The van der Waals surface area contributed by atoms with Crippen molar-refractivity contribution in [2.75, 3.05) is 19.6 Å². The van der Waals surface area contributed by atoms with Crippen molar-refractivity contribution in [1.29, 1.82) is 0 Å². The predicted octanol–water partition coefficient (Wildman–Crippen LogP) is 3.91. The molecule has 3 nitrogen and oxygen atoms in total. The molecule has 1 unspecified atom stereocenters. The zero-order chi connectivity index (χ0) is 12.2. The molecule has 1 heterocycles. The average Bonchev–Trinajstić information content (AvgIpc) is 2.25. The molecule has 3 heteroatoms. The minimum atomic E-state index is 0.301. The molecular formula is C13H27N3. The molecular weight excluding hydrogens is 198 g/mol. The highest BCUT2D eigenvalue weighted by Crippen LogP contribution is 2.45. The minimum Gasteiger partial charge on any atom is -0.278 e. The van der Waals surface area contributed by atoms with E-state index in [9.17, 15) is 0 Å². The van der Waals surface area contributed by atoms with Gasteiger partial charge in [-0.15, -0.1) is 0 Å². The minimum absolute atomic E-state index is 0.301. The first-order chi connectivity index (χ1) is 7.45. The molecule has 0 aliphatic carbocycles. The second-order valence-corrected chi connectivity index (χ2v) is 6.00. The maximum Gasteiger partial charge on any atom is 0.0699 e. The summed E-state index contributed by atoms with van der Waals surface area (Å²) in [5.74, 6) is 0. The van der Waals surface area contributed by atoms with E-state index in [0.29, 0.717) is 10.8 Å². The Morgan fingerprint density at radius 3 is 2.44 bits per heavy atom. The topological polar surface area (TPSA) is 28.0 Å². The lowest BCUT2D eigenvalue weighted by molar-refractivity contribution is 0.00946. The van der Waals surface area contributed by atoms with Gasteiger partial charge in [-0.3, -0.25) is 5.01 Å². The molecule has 0 N–H and O–H groups in total. The van der Waals surface area contributed by atoms with Crippen LogP contribution in [0, 0.1) is 10.8 Å². The number of rotatable bonds is 4. The Morgan fingerprint density at radius 1 is 1.25 bits per heavy atom. The fourth-order valence-electron chi connectivity index (χ4n) is 2.39. The Kier molecular flexibility index (Phi) is 4.34. The lowest BCUT2D eigenvalue weighted by atomic mass is 9.63. The van der Waals surface area contributed by atoms with Crippen LogP contribution in [0.2, 0.25) is 0 Å². The molecule has 0 fully saturated rings. The lowest BCUT2D eigenvalue weighted by Crippen LogP contribution is -2.48. The van der Waals surface area contributed by atoms with Crippen LogP contribution in [0.15, 0.2) is 10.3 Å². The van der Waals surface area contributed by atoms with Crippen LogP contribution in [-0.4, -0.2) is 24.6 Å². The van der Waals surface area contributed by atoms with Crippen molar-refractivity contribution in [3.63, 3.8) is 0 Å². The SMILES string of the molecule is CCCCC1(C(C)(C)C)CN=NN(CC)C1. The zero-order valence-corrected chi connectivity index (χ0v) is 11.6. The summed E-state index contributed by atoms with van der Waals surface area (Å²) < 4.78 is 0. The highest BCUT2D eigenvalue weighted by Gasteiger charge is 2.44. The molecule has 0 saturated heterocycles. The molecule has 0 bridgehead atoms. The fourth-order valence-corrected chi connectivity index (χ4v) is 2.39. The van der Waals surface area contributed by atoms with Gasteiger partial charge >= 0.3 is 0 Å². The van der Waals surface area contributed by atoms with E-state index < -0.39 is 0 Å². The van der Waals surface area contributed by atoms with Gasteiger partial charge in [-0.05, 0) is 18.8 Å².